The smallest absolute Gasteiger partial charge is 0.273 e. The minimum Gasteiger partial charge on any atom is -0.337 e. The molecule has 28 heavy (non-hydrogen) atoms. The van der Waals surface area contributed by atoms with Gasteiger partial charge in [-0.1, -0.05) is 24.3 Å². The summed E-state index contributed by atoms with van der Waals surface area (Å²) in [6.07, 6.45) is 8.83. The van der Waals surface area contributed by atoms with Crippen LogP contribution < -0.4 is 0 Å². The van der Waals surface area contributed by atoms with Crippen LogP contribution in [0.3, 0.4) is 0 Å². The number of carbonyl (C=O) groups excluding carboxylic acids is 1. The SMILES string of the molecule is CN(C(=O)c1nccc2ccccc12)C1CCCN(Cc2cnn(C)c2)CC1. The molecule has 1 aliphatic rings. The van der Waals surface area contributed by atoms with Crippen molar-refractivity contribution in [1.82, 2.24) is 24.6 Å². The molecule has 0 spiro atoms. The topological polar surface area (TPSA) is 54.3 Å². The lowest BCUT2D eigenvalue weighted by atomic mass is 10.1. The molecule has 0 radical (unpaired) electrons. The zero-order chi connectivity index (χ0) is 19.5. The van der Waals surface area contributed by atoms with Crippen LogP contribution in [-0.2, 0) is 13.6 Å². The van der Waals surface area contributed by atoms with Gasteiger partial charge in [0.2, 0.25) is 0 Å². The van der Waals surface area contributed by atoms with Crippen molar-refractivity contribution in [3.63, 3.8) is 0 Å². The maximum atomic E-state index is 13.2. The fourth-order valence-corrected chi connectivity index (χ4v) is 4.12. The number of rotatable bonds is 4. The van der Waals surface area contributed by atoms with E-state index in [2.05, 4.69) is 21.2 Å². The monoisotopic (exact) mass is 377 g/mol. The number of amides is 1. The van der Waals surface area contributed by atoms with Gasteiger partial charge in [-0.25, -0.2) is 0 Å². The van der Waals surface area contributed by atoms with Crippen LogP contribution in [0.1, 0.15) is 35.3 Å². The van der Waals surface area contributed by atoms with E-state index < -0.39 is 0 Å². The molecule has 1 saturated heterocycles. The van der Waals surface area contributed by atoms with E-state index in [1.54, 1.807) is 6.20 Å². The normalized spacial score (nSPS) is 18.1. The van der Waals surface area contributed by atoms with Crippen molar-refractivity contribution in [2.75, 3.05) is 20.1 Å². The summed E-state index contributed by atoms with van der Waals surface area (Å²) in [6, 6.07) is 10.1. The predicted octanol–water partition coefficient (Wildman–Crippen LogP) is 3.10. The summed E-state index contributed by atoms with van der Waals surface area (Å²) in [4.78, 5) is 22.0. The van der Waals surface area contributed by atoms with Gasteiger partial charge in [-0.2, -0.15) is 5.10 Å². The van der Waals surface area contributed by atoms with Crippen molar-refractivity contribution >= 4 is 16.7 Å². The summed E-state index contributed by atoms with van der Waals surface area (Å²) in [5.41, 5.74) is 1.79. The predicted molar refractivity (Wildman–Crippen MR) is 110 cm³/mol. The lowest BCUT2D eigenvalue weighted by molar-refractivity contribution is 0.0713. The van der Waals surface area contributed by atoms with Gasteiger partial charge in [-0.15, -0.1) is 0 Å². The molecular weight excluding hydrogens is 350 g/mol. The highest BCUT2D eigenvalue weighted by molar-refractivity contribution is 6.05. The molecule has 1 fully saturated rings. The fraction of sp³-hybridized carbons (Fsp3) is 0.409. The molecule has 0 aliphatic carbocycles. The Bertz CT molecular complexity index is 961. The average molecular weight is 377 g/mol. The number of hydrogen-bond donors (Lipinski definition) is 0. The zero-order valence-corrected chi connectivity index (χ0v) is 16.6. The molecule has 146 valence electrons. The molecular formula is C22H27N5O. The van der Waals surface area contributed by atoms with Crippen LogP contribution in [-0.4, -0.2) is 56.7 Å². The number of benzene rings is 1. The molecule has 1 amide bonds. The van der Waals surface area contributed by atoms with Crippen molar-refractivity contribution in [2.24, 2.45) is 7.05 Å². The first-order chi connectivity index (χ1) is 13.6. The molecule has 0 saturated carbocycles. The van der Waals surface area contributed by atoms with E-state index in [4.69, 9.17) is 0 Å². The van der Waals surface area contributed by atoms with E-state index in [9.17, 15) is 4.79 Å². The van der Waals surface area contributed by atoms with E-state index in [1.807, 2.05) is 60.2 Å². The largest absolute Gasteiger partial charge is 0.337 e. The van der Waals surface area contributed by atoms with Crippen molar-refractivity contribution in [3.8, 4) is 0 Å². The van der Waals surface area contributed by atoms with Gasteiger partial charge >= 0.3 is 0 Å². The Hall–Kier alpha value is -2.73. The molecule has 1 atom stereocenters. The molecule has 6 heteroatoms. The number of likely N-dealkylation sites (tertiary alicyclic amines) is 1. The van der Waals surface area contributed by atoms with Crippen LogP contribution in [0.25, 0.3) is 10.8 Å². The number of nitrogens with zero attached hydrogens (tertiary/aromatic N) is 5. The second-order valence-electron chi connectivity index (χ2n) is 7.68. The molecule has 0 bridgehead atoms. The number of fused-ring (bicyclic) bond motifs is 1. The highest BCUT2D eigenvalue weighted by atomic mass is 16.2. The molecule has 4 rings (SSSR count). The Kier molecular flexibility index (Phi) is 5.39. The van der Waals surface area contributed by atoms with Gasteiger partial charge in [0.25, 0.3) is 5.91 Å². The van der Waals surface area contributed by atoms with Crippen molar-refractivity contribution in [3.05, 3.63) is 60.2 Å². The molecule has 1 aromatic carbocycles. The van der Waals surface area contributed by atoms with E-state index >= 15 is 0 Å². The van der Waals surface area contributed by atoms with Crippen LogP contribution in [0.4, 0.5) is 0 Å². The van der Waals surface area contributed by atoms with Gasteiger partial charge in [0.05, 0.1) is 6.20 Å². The van der Waals surface area contributed by atoms with Gasteiger partial charge in [-0.3, -0.25) is 19.4 Å². The van der Waals surface area contributed by atoms with Gasteiger partial charge in [-0.05, 0) is 37.3 Å². The molecule has 0 N–H and O–H groups in total. The first-order valence-corrected chi connectivity index (χ1v) is 9.92. The van der Waals surface area contributed by atoms with Gasteiger partial charge in [0.15, 0.2) is 0 Å². The number of pyridine rings is 1. The first-order valence-electron chi connectivity index (χ1n) is 9.92. The van der Waals surface area contributed by atoms with Gasteiger partial charge < -0.3 is 4.90 Å². The second kappa shape index (κ2) is 8.10. The number of carbonyl (C=O) groups is 1. The lowest BCUT2D eigenvalue weighted by Gasteiger charge is -2.27. The lowest BCUT2D eigenvalue weighted by Crippen LogP contribution is -2.38. The third-order valence-corrected chi connectivity index (χ3v) is 5.70. The van der Waals surface area contributed by atoms with Crippen molar-refractivity contribution in [1.29, 1.82) is 0 Å². The van der Waals surface area contributed by atoms with Crippen LogP contribution >= 0.6 is 0 Å². The van der Waals surface area contributed by atoms with Crippen LogP contribution in [0, 0.1) is 0 Å². The minimum absolute atomic E-state index is 0.0162. The number of aryl methyl sites for hydroxylation is 1. The maximum absolute atomic E-state index is 13.2. The summed E-state index contributed by atoms with van der Waals surface area (Å²) < 4.78 is 1.85. The zero-order valence-electron chi connectivity index (χ0n) is 16.6. The quantitative estimate of drug-likeness (QED) is 0.701. The molecule has 2 aromatic heterocycles. The Morgan fingerprint density at radius 1 is 1.21 bits per heavy atom. The Morgan fingerprint density at radius 2 is 2.07 bits per heavy atom. The van der Waals surface area contributed by atoms with Gasteiger partial charge in [0, 0.05) is 56.6 Å². The second-order valence-corrected chi connectivity index (χ2v) is 7.68. The maximum Gasteiger partial charge on any atom is 0.273 e. The molecule has 1 unspecified atom stereocenters. The van der Waals surface area contributed by atoms with E-state index in [-0.39, 0.29) is 11.9 Å². The van der Waals surface area contributed by atoms with Crippen molar-refractivity contribution < 1.29 is 4.79 Å². The summed E-state index contributed by atoms with van der Waals surface area (Å²) in [5, 5.41) is 6.24. The third kappa shape index (κ3) is 3.92. The summed E-state index contributed by atoms with van der Waals surface area (Å²) >= 11 is 0. The van der Waals surface area contributed by atoms with Gasteiger partial charge in [0.1, 0.15) is 5.69 Å². The minimum atomic E-state index is 0.0162. The first kappa shape index (κ1) is 18.6. The van der Waals surface area contributed by atoms with Crippen LogP contribution in [0.15, 0.2) is 48.9 Å². The molecule has 6 nitrogen and oxygen atoms in total. The fourth-order valence-electron chi connectivity index (χ4n) is 4.12. The third-order valence-electron chi connectivity index (χ3n) is 5.70. The highest BCUT2D eigenvalue weighted by Gasteiger charge is 2.26. The van der Waals surface area contributed by atoms with E-state index in [0.29, 0.717) is 5.69 Å². The molecule has 1 aliphatic heterocycles. The highest BCUT2D eigenvalue weighted by Crippen LogP contribution is 2.22. The summed E-state index contributed by atoms with van der Waals surface area (Å²) in [7, 11) is 3.87. The van der Waals surface area contributed by atoms with Crippen LogP contribution in [0.2, 0.25) is 0 Å². The summed E-state index contributed by atoms with van der Waals surface area (Å²) in [5.74, 6) is 0.0162. The average Bonchev–Trinajstić information content (AvgIpc) is 2.98. The number of aromatic nitrogens is 3. The standard InChI is InChI=1S/C22H27N5O/c1-25-15-17(14-24-25)16-27-12-5-7-19(10-13-27)26(2)22(28)21-20-8-4-3-6-18(20)9-11-23-21/h3-4,6,8-9,11,14-15,19H,5,7,10,12-13,16H2,1-2H3. The van der Waals surface area contributed by atoms with E-state index in [1.165, 1.54) is 5.56 Å². The van der Waals surface area contributed by atoms with Crippen LogP contribution in [0.5, 0.6) is 0 Å². The molecule has 3 heterocycles. The Labute approximate surface area is 165 Å². The molecule has 3 aromatic rings. The Balaban J connectivity index is 1.44. The van der Waals surface area contributed by atoms with Crippen molar-refractivity contribution in [2.45, 2.75) is 31.8 Å². The Morgan fingerprint density at radius 3 is 2.89 bits per heavy atom. The number of hydrogen-bond acceptors (Lipinski definition) is 4. The van der Waals surface area contributed by atoms with E-state index in [0.717, 1.165) is 49.7 Å². The summed E-state index contributed by atoms with van der Waals surface area (Å²) in [6.45, 7) is 2.96.